The van der Waals surface area contributed by atoms with Gasteiger partial charge in [0.15, 0.2) is 5.65 Å². The summed E-state index contributed by atoms with van der Waals surface area (Å²) >= 11 is 0. The minimum absolute atomic E-state index is 0.133. The molecule has 5 rings (SSSR count). The van der Waals surface area contributed by atoms with Crippen LogP contribution in [0.15, 0.2) is 42.6 Å². The van der Waals surface area contributed by atoms with Crippen LogP contribution < -0.4 is 0 Å². The molecule has 2 aromatic heterocycles. The van der Waals surface area contributed by atoms with Crippen LogP contribution in [0.3, 0.4) is 0 Å². The maximum atomic E-state index is 13.5. The van der Waals surface area contributed by atoms with Gasteiger partial charge in [-0.15, -0.1) is 0 Å². The number of hydrogen-bond acceptors (Lipinski definition) is 3. The molecule has 3 heterocycles. The molecule has 1 amide bonds. The first-order valence-corrected chi connectivity index (χ1v) is 10.8. The van der Waals surface area contributed by atoms with Gasteiger partial charge in [-0.3, -0.25) is 4.79 Å². The lowest BCUT2D eigenvalue weighted by Crippen LogP contribution is -2.38. The third-order valence-corrected chi connectivity index (χ3v) is 6.35. The SMILES string of the molecule is CC(C)n1ncc2c(C(=O)N3CCC(c4ccccc4)CC3)cc(C3CC3)nc21. The molecule has 5 heteroatoms. The second-order valence-corrected chi connectivity index (χ2v) is 8.77. The van der Waals surface area contributed by atoms with Crippen molar-refractivity contribution in [1.29, 1.82) is 0 Å². The number of hydrogen-bond donors (Lipinski definition) is 0. The fourth-order valence-corrected chi connectivity index (χ4v) is 4.49. The molecule has 1 aliphatic heterocycles. The first-order chi connectivity index (χ1) is 14.1. The molecule has 0 atom stereocenters. The molecule has 29 heavy (non-hydrogen) atoms. The molecular formula is C24H28N4O. The molecular weight excluding hydrogens is 360 g/mol. The number of amides is 1. The number of piperidine rings is 1. The van der Waals surface area contributed by atoms with Gasteiger partial charge in [0.05, 0.1) is 17.1 Å². The van der Waals surface area contributed by atoms with Crippen molar-refractivity contribution in [2.45, 2.75) is 57.4 Å². The Morgan fingerprint density at radius 2 is 1.76 bits per heavy atom. The minimum Gasteiger partial charge on any atom is -0.339 e. The minimum atomic E-state index is 0.133. The number of aromatic nitrogens is 3. The van der Waals surface area contributed by atoms with Gasteiger partial charge >= 0.3 is 0 Å². The van der Waals surface area contributed by atoms with Gasteiger partial charge in [0.2, 0.25) is 0 Å². The van der Waals surface area contributed by atoms with E-state index in [1.807, 2.05) is 21.8 Å². The van der Waals surface area contributed by atoms with E-state index in [4.69, 9.17) is 4.98 Å². The fraction of sp³-hybridized carbons (Fsp3) is 0.458. The Morgan fingerprint density at radius 1 is 1.03 bits per heavy atom. The van der Waals surface area contributed by atoms with Crippen LogP contribution in [0.5, 0.6) is 0 Å². The predicted molar refractivity (Wildman–Crippen MR) is 114 cm³/mol. The molecule has 150 valence electrons. The first-order valence-electron chi connectivity index (χ1n) is 10.8. The topological polar surface area (TPSA) is 51.0 Å². The molecule has 0 radical (unpaired) electrons. The van der Waals surface area contributed by atoms with Gasteiger partial charge in [-0.05, 0) is 57.1 Å². The normalized spacial score (nSPS) is 18.0. The highest BCUT2D eigenvalue weighted by Crippen LogP contribution is 2.40. The molecule has 0 N–H and O–H groups in total. The molecule has 3 aromatic rings. The fourth-order valence-electron chi connectivity index (χ4n) is 4.49. The zero-order valence-electron chi connectivity index (χ0n) is 17.2. The Hall–Kier alpha value is -2.69. The van der Waals surface area contributed by atoms with E-state index in [0.717, 1.165) is 48.2 Å². The van der Waals surface area contributed by atoms with Gasteiger partial charge in [0.1, 0.15) is 0 Å². The van der Waals surface area contributed by atoms with Crippen molar-refractivity contribution in [3.63, 3.8) is 0 Å². The van der Waals surface area contributed by atoms with Crippen molar-refractivity contribution < 1.29 is 4.79 Å². The van der Waals surface area contributed by atoms with Crippen molar-refractivity contribution >= 4 is 16.9 Å². The summed E-state index contributed by atoms with van der Waals surface area (Å²) in [5, 5.41) is 5.43. The van der Waals surface area contributed by atoms with Gasteiger partial charge in [0.25, 0.3) is 5.91 Å². The van der Waals surface area contributed by atoms with Gasteiger partial charge < -0.3 is 4.90 Å². The maximum Gasteiger partial charge on any atom is 0.254 e. The third-order valence-electron chi connectivity index (χ3n) is 6.35. The Balaban J connectivity index is 1.42. The molecule has 5 nitrogen and oxygen atoms in total. The van der Waals surface area contributed by atoms with Crippen molar-refractivity contribution in [2.24, 2.45) is 0 Å². The summed E-state index contributed by atoms with van der Waals surface area (Å²) in [4.78, 5) is 20.4. The lowest BCUT2D eigenvalue weighted by atomic mass is 9.89. The highest BCUT2D eigenvalue weighted by atomic mass is 16.2. The largest absolute Gasteiger partial charge is 0.339 e. The number of carbonyl (C=O) groups excluding carboxylic acids is 1. The number of benzene rings is 1. The average molecular weight is 389 g/mol. The van der Waals surface area contributed by atoms with E-state index >= 15 is 0 Å². The van der Waals surface area contributed by atoms with E-state index in [1.54, 1.807) is 0 Å². The predicted octanol–water partition coefficient (Wildman–Crippen LogP) is 4.91. The number of carbonyl (C=O) groups is 1. The molecule has 0 spiro atoms. The highest BCUT2D eigenvalue weighted by molar-refractivity contribution is 6.05. The van der Waals surface area contributed by atoms with E-state index in [-0.39, 0.29) is 11.9 Å². The standard InChI is InChI=1S/C24H28N4O/c1-16(2)28-23-21(15-25-28)20(14-22(26-23)19-8-9-19)24(29)27-12-10-18(11-13-27)17-6-4-3-5-7-17/h3-7,14-16,18-19H,8-13H2,1-2H3. The summed E-state index contributed by atoms with van der Waals surface area (Å²) in [5.74, 6) is 1.18. The van der Waals surface area contributed by atoms with Gasteiger partial charge in [-0.2, -0.15) is 5.10 Å². The number of nitrogens with zero attached hydrogens (tertiary/aromatic N) is 4. The number of fused-ring (bicyclic) bond motifs is 1. The molecule has 1 aliphatic carbocycles. The monoisotopic (exact) mass is 388 g/mol. The van der Waals surface area contributed by atoms with Crippen molar-refractivity contribution in [3.05, 3.63) is 59.4 Å². The van der Waals surface area contributed by atoms with Crippen LogP contribution in [0.4, 0.5) is 0 Å². The quantitative estimate of drug-likeness (QED) is 0.638. The molecule has 2 aliphatic rings. The summed E-state index contributed by atoms with van der Waals surface area (Å²) < 4.78 is 1.94. The summed E-state index contributed by atoms with van der Waals surface area (Å²) in [6.07, 6.45) is 6.20. The zero-order valence-corrected chi connectivity index (χ0v) is 17.2. The van der Waals surface area contributed by atoms with Crippen LogP contribution >= 0.6 is 0 Å². The third kappa shape index (κ3) is 3.43. The molecule has 2 fully saturated rings. The second kappa shape index (κ2) is 7.29. The van der Waals surface area contributed by atoms with Crippen LogP contribution in [0, 0.1) is 0 Å². The average Bonchev–Trinajstić information content (AvgIpc) is 3.52. The van der Waals surface area contributed by atoms with Crippen LogP contribution in [0.1, 0.15) is 79.0 Å². The molecule has 1 aromatic carbocycles. The number of pyridine rings is 1. The molecule has 0 bridgehead atoms. The number of likely N-dealkylation sites (tertiary alicyclic amines) is 1. The van der Waals surface area contributed by atoms with E-state index in [2.05, 4.69) is 49.3 Å². The highest BCUT2D eigenvalue weighted by Gasteiger charge is 2.30. The maximum absolute atomic E-state index is 13.5. The lowest BCUT2D eigenvalue weighted by Gasteiger charge is -2.32. The summed E-state index contributed by atoms with van der Waals surface area (Å²) in [7, 11) is 0. The van der Waals surface area contributed by atoms with E-state index in [0.29, 0.717) is 11.8 Å². The Bertz CT molecular complexity index is 1030. The Morgan fingerprint density at radius 3 is 2.41 bits per heavy atom. The molecule has 1 saturated heterocycles. The van der Waals surface area contributed by atoms with Crippen LogP contribution in [0.25, 0.3) is 11.0 Å². The van der Waals surface area contributed by atoms with Crippen molar-refractivity contribution in [2.75, 3.05) is 13.1 Å². The zero-order chi connectivity index (χ0) is 20.0. The molecule has 0 unspecified atom stereocenters. The van der Waals surface area contributed by atoms with E-state index in [1.165, 1.54) is 18.4 Å². The van der Waals surface area contributed by atoms with Crippen LogP contribution in [0.2, 0.25) is 0 Å². The van der Waals surface area contributed by atoms with Crippen molar-refractivity contribution in [1.82, 2.24) is 19.7 Å². The Labute approximate surface area is 171 Å². The summed E-state index contributed by atoms with van der Waals surface area (Å²) in [6, 6.07) is 12.9. The van der Waals surface area contributed by atoms with Crippen LogP contribution in [-0.4, -0.2) is 38.7 Å². The Kier molecular flexibility index (Phi) is 4.61. The van der Waals surface area contributed by atoms with Gasteiger partial charge in [-0.1, -0.05) is 30.3 Å². The first kappa shape index (κ1) is 18.3. The van der Waals surface area contributed by atoms with E-state index in [9.17, 15) is 4.79 Å². The van der Waals surface area contributed by atoms with Gasteiger partial charge in [-0.25, -0.2) is 9.67 Å². The van der Waals surface area contributed by atoms with E-state index < -0.39 is 0 Å². The summed E-state index contributed by atoms with van der Waals surface area (Å²) in [5.41, 5.74) is 4.08. The number of rotatable bonds is 4. The smallest absolute Gasteiger partial charge is 0.254 e. The molecule has 1 saturated carbocycles. The summed E-state index contributed by atoms with van der Waals surface area (Å²) in [6.45, 7) is 5.82. The van der Waals surface area contributed by atoms with Gasteiger partial charge in [0, 0.05) is 30.7 Å². The van der Waals surface area contributed by atoms with Crippen molar-refractivity contribution in [3.8, 4) is 0 Å². The van der Waals surface area contributed by atoms with Crippen LogP contribution in [-0.2, 0) is 0 Å². The lowest BCUT2D eigenvalue weighted by molar-refractivity contribution is 0.0715. The second-order valence-electron chi connectivity index (χ2n) is 8.77.